The average Bonchev–Trinajstić information content (AvgIpc) is 3.27. The second-order valence-corrected chi connectivity index (χ2v) is 7.48. The Balaban J connectivity index is 1.78. The number of benzene rings is 2. The predicted molar refractivity (Wildman–Crippen MR) is 117 cm³/mol. The fourth-order valence-corrected chi connectivity index (χ4v) is 3.52. The van der Waals surface area contributed by atoms with Crippen molar-refractivity contribution in [2.75, 3.05) is 12.4 Å². The van der Waals surface area contributed by atoms with Crippen LogP contribution in [-0.4, -0.2) is 23.0 Å². The Bertz CT molecular complexity index is 1130. The van der Waals surface area contributed by atoms with Crippen molar-refractivity contribution in [3.8, 4) is 28.1 Å². The van der Waals surface area contributed by atoms with Crippen molar-refractivity contribution >= 4 is 34.0 Å². The van der Waals surface area contributed by atoms with Crippen LogP contribution in [0.25, 0.3) is 22.4 Å². The smallest absolute Gasteiger partial charge is 0.259 e. The third-order valence-electron chi connectivity index (χ3n) is 4.32. The highest BCUT2D eigenvalue weighted by atomic mass is 35.5. The molecule has 0 aliphatic carbocycles. The van der Waals surface area contributed by atoms with Crippen LogP contribution in [0.15, 0.2) is 72.4 Å². The van der Waals surface area contributed by atoms with E-state index in [1.54, 1.807) is 24.9 Å². The fraction of sp³-hybridized carbons (Fsp3) is 0.0455. The van der Waals surface area contributed by atoms with E-state index >= 15 is 0 Å². The summed E-state index contributed by atoms with van der Waals surface area (Å²) in [6.45, 7) is 0. The number of anilines is 1. The molecule has 2 heterocycles. The first-order chi connectivity index (χ1) is 14.1. The van der Waals surface area contributed by atoms with Gasteiger partial charge in [0.25, 0.3) is 5.91 Å². The quantitative estimate of drug-likeness (QED) is 0.443. The van der Waals surface area contributed by atoms with Gasteiger partial charge in [-0.2, -0.15) is 0 Å². The van der Waals surface area contributed by atoms with Gasteiger partial charge in [0.15, 0.2) is 5.13 Å². The summed E-state index contributed by atoms with van der Waals surface area (Å²) in [6, 6.07) is 16.9. The molecule has 1 N–H and O–H groups in total. The number of nitrogens with zero attached hydrogens (tertiary/aromatic N) is 2. The van der Waals surface area contributed by atoms with Gasteiger partial charge in [-0.1, -0.05) is 35.9 Å². The highest BCUT2D eigenvalue weighted by Gasteiger charge is 2.15. The normalized spacial score (nSPS) is 10.6. The Morgan fingerprint density at radius 1 is 1.03 bits per heavy atom. The molecule has 7 heteroatoms. The zero-order chi connectivity index (χ0) is 20.2. The molecule has 0 atom stereocenters. The van der Waals surface area contributed by atoms with Gasteiger partial charge in [0, 0.05) is 33.9 Å². The van der Waals surface area contributed by atoms with E-state index in [0.29, 0.717) is 15.7 Å². The molecule has 0 unspecified atom stereocenters. The first kappa shape index (κ1) is 19.1. The standard InChI is InChI=1S/C22H16ClN3O2S/c1-28-18-8-4-14(5-9-18)19-12-16(21(27)26-22-24-10-11-29-22)13-25-20(19)15-2-6-17(23)7-3-15/h2-13H,1H3,(H,24,26,27). The number of rotatable bonds is 5. The molecule has 0 bridgehead atoms. The first-order valence-electron chi connectivity index (χ1n) is 8.75. The van der Waals surface area contributed by atoms with Crippen LogP contribution in [-0.2, 0) is 0 Å². The minimum absolute atomic E-state index is 0.259. The molecule has 2 aromatic carbocycles. The van der Waals surface area contributed by atoms with Crippen molar-refractivity contribution in [3.05, 3.63) is 83.0 Å². The van der Waals surface area contributed by atoms with E-state index in [4.69, 9.17) is 16.3 Å². The van der Waals surface area contributed by atoms with Gasteiger partial charge in [0.05, 0.1) is 18.4 Å². The van der Waals surface area contributed by atoms with Gasteiger partial charge in [-0.25, -0.2) is 4.98 Å². The molecule has 0 radical (unpaired) electrons. The lowest BCUT2D eigenvalue weighted by molar-refractivity contribution is 0.102. The van der Waals surface area contributed by atoms with Gasteiger partial charge in [-0.15, -0.1) is 11.3 Å². The average molecular weight is 422 g/mol. The van der Waals surface area contributed by atoms with Gasteiger partial charge in [-0.05, 0) is 35.9 Å². The summed E-state index contributed by atoms with van der Waals surface area (Å²) in [4.78, 5) is 21.4. The van der Waals surface area contributed by atoms with Crippen LogP contribution in [0.2, 0.25) is 5.02 Å². The molecular weight excluding hydrogens is 406 g/mol. The van der Waals surface area contributed by atoms with Gasteiger partial charge in [0.2, 0.25) is 0 Å². The van der Waals surface area contributed by atoms with E-state index in [2.05, 4.69) is 15.3 Å². The lowest BCUT2D eigenvalue weighted by atomic mass is 9.97. The predicted octanol–water partition coefficient (Wildman–Crippen LogP) is 5.79. The molecule has 0 fully saturated rings. The van der Waals surface area contributed by atoms with Crippen molar-refractivity contribution in [1.29, 1.82) is 0 Å². The summed E-state index contributed by atoms with van der Waals surface area (Å²) in [5.41, 5.74) is 3.88. The third kappa shape index (κ3) is 4.29. The van der Waals surface area contributed by atoms with Crippen molar-refractivity contribution in [1.82, 2.24) is 9.97 Å². The SMILES string of the molecule is COc1ccc(-c2cc(C(=O)Nc3nccs3)cnc2-c2ccc(Cl)cc2)cc1. The second-order valence-electron chi connectivity index (χ2n) is 6.15. The van der Waals surface area contributed by atoms with E-state index < -0.39 is 0 Å². The number of pyridine rings is 1. The Labute approximate surface area is 177 Å². The largest absolute Gasteiger partial charge is 0.497 e. The monoisotopic (exact) mass is 421 g/mol. The summed E-state index contributed by atoms with van der Waals surface area (Å²) < 4.78 is 5.25. The van der Waals surface area contributed by atoms with Crippen molar-refractivity contribution in [2.45, 2.75) is 0 Å². The van der Waals surface area contributed by atoms with Gasteiger partial charge in [-0.3, -0.25) is 15.1 Å². The molecule has 0 saturated carbocycles. The van der Waals surface area contributed by atoms with Crippen LogP contribution in [0.4, 0.5) is 5.13 Å². The Kier molecular flexibility index (Phi) is 5.55. The van der Waals surface area contributed by atoms with Crippen LogP contribution < -0.4 is 10.1 Å². The van der Waals surface area contributed by atoms with Gasteiger partial charge >= 0.3 is 0 Å². The number of ether oxygens (including phenoxy) is 1. The second kappa shape index (κ2) is 8.43. The number of nitrogens with one attached hydrogen (secondary N) is 1. The lowest BCUT2D eigenvalue weighted by Gasteiger charge is -2.12. The third-order valence-corrected chi connectivity index (χ3v) is 5.26. The maximum absolute atomic E-state index is 12.7. The number of carbonyl (C=O) groups is 1. The summed E-state index contributed by atoms with van der Waals surface area (Å²) in [7, 11) is 1.62. The number of carbonyl (C=O) groups excluding carboxylic acids is 1. The molecule has 0 saturated heterocycles. The molecular formula is C22H16ClN3O2S. The zero-order valence-corrected chi connectivity index (χ0v) is 17.0. The zero-order valence-electron chi connectivity index (χ0n) is 15.4. The molecule has 29 heavy (non-hydrogen) atoms. The number of methoxy groups -OCH3 is 1. The van der Waals surface area contributed by atoms with E-state index in [1.807, 2.05) is 54.6 Å². The Morgan fingerprint density at radius 2 is 1.76 bits per heavy atom. The van der Waals surface area contributed by atoms with E-state index in [1.165, 1.54) is 11.3 Å². The maximum atomic E-state index is 12.7. The topological polar surface area (TPSA) is 64.1 Å². The van der Waals surface area contributed by atoms with Crippen LogP contribution >= 0.6 is 22.9 Å². The molecule has 0 aliphatic rings. The number of hydrogen-bond acceptors (Lipinski definition) is 5. The molecule has 4 rings (SSSR count). The molecule has 1 amide bonds. The molecule has 2 aromatic heterocycles. The van der Waals surface area contributed by atoms with Crippen LogP contribution in [0.1, 0.15) is 10.4 Å². The molecule has 0 spiro atoms. The van der Waals surface area contributed by atoms with Crippen LogP contribution in [0.5, 0.6) is 5.75 Å². The van der Waals surface area contributed by atoms with Gasteiger partial charge in [0.1, 0.15) is 5.75 Å². The number of thiazole rings is 1. The molecule has 0 aliphatic heterocycles. The highest BCUT2D eigenvalue weighted by Crippen LogP contribution is 2.33. The minimum Gasteiger partial charge on any atom is -0.497 e. The Morgan fingerprint density at radius 3 is 2.41 bits per heavy atom. The fourth-order valence-electron chi connectivity index (χ4n) is 2.87. The highest BCUT2D eigenvalue weighted by molar-refractivity contribution is 7.13. The molecule has 5 nitrogen and oxygen atoms in total. The summed E-state index contributed by atoms with van der Waals surface area (Å²) in [5, 5.41) is 5.79. The number of amides is 1. The number of hydrogen-bond donors (Lipinski definition) is 1. The summed E-state index contributed by atoms with van der Waals surface area (Å²) in [6.07, 6.45) is 3.21. The maximum Gasteiger partial charge on any atom is 0.259 e. The number of halogens is 1. The molecule has 4 aromatic rings. The first-order valence-corrected chi connectivity index (χ1v) is 10.0. The van der Waals surface area contributed by atoms with Crippen molar-refractivity contribution in [2.24, 2.45) is 0 Å². The van der Waals surface area contributed by atoms with Crippen molar-refractivity contribution < 1.29 is 9.53 Å². The lowest BCUT2D eigenvalue weighted by Crippen LogP contribution is -2.12. The van der Waals surface area contributed by atoms with Gasteiger partial charge < -0.3 is 4.74 Å². The Hall–Kier alpha value is -3.22. The minimum atomic E-state index is -0.259. The van der Waals surface area contributed by atoms with E-state index in [9.17, 15) is 4.79 Å². The van der Waals surface area contributed by atoms with Crippen LogP contribution in [0.3, 0.4) is 0 Å². The van der Waals surface area contributed by atoms with Crippen LogP contribution in [0, 0.1) is 0 Å². The van der Waals surface area contributed by atoms with E-state index in [-0.39, 0.29) is 5.91 Å². The summed E-state index contributed by atoms with van der Waals surface area (Å²) >= 11 is 7.39. The van der Waals surface area contributed by atoms with Crippen molar-refractivity contribution in [3.63, 3.8) is 0 Å². The summed E-state index contributed by atoms with van der Waals surface area (Å²) in [5.74, 6) is 0.497. The van der Waals surface area contributed by atoms with E-state index in [0.717, 1.165) is 28.1 Å². The number of aromatic nitrogens is 2. The molecule has 144 valence electrons.